The average molecular weight is 254 g/mol. The number of hydrogen-bond donors (Lipinski definition) is 1. The summed E-state index contributed by atoms with van der Waals surface area (Å²) in [6, 6.07) is 2.91. The molecule has 0 aliphatic heterocycles. The molecule has 0 spiro atoms. The van der Waals surface area contributed by atoms with Gasteiger partial charge in [0.2, 0.25) is 0 Å². The Labute approximate surface area is 113 Å². The van der Waals surface area contributed by atoms with Crippen LogP contribution in [0, 0.1) is 11.3 Å². The van der Waals surface area contributed by atoms with Crippen molar-refractivity contribution in [3.05, 3.63) is 0 Å². The van der Waals surface area contributed by atoms with Crippen molar-refractivity contribution in [1.29, 1.82) is 5.26 Å². The molecule has 106 valence electrons. The molecule has 1 N–H and O–H groups in total. The summed E-state index contributed by atoms with van der Waals surface area (Å²) in [6.45, 7) is 12.3. The van der Waals surface area contributed by atoms with Gasteiger partial charge in [-0.15, -0.1) is 0 Å². The van der Waals surface area contributed by atoms with Crippen molar-refractivity contribution in [2.24, 2.45) is 0 Å². The highest BCUT2D eigenvalue weighted by molar-refractivity contribution is 5.03. The Morgan fingerprint density at radius 3 is 2.33 bits per heavy atom. The summed E-state index contributed by atoms with van der Waals surface area (Å²) in [5.74, 6) is 0. The van der Waals surface area contributed by atoms with E-state index < -0.39 is 5.54 Å². The molecule has 0 heterocycles. The van der Waals surface area contributed by atoms with Crippen molar-refractivity contribution >= 4 is 0 Å². The third-order valence-corrected chi connectivity index (χ3v) is 3.37. The SMILES string of the molecule is CCNC(C)(C#N)CCN(CC)C(C)CN(C)C. The lowest BCUT2D eigenvalue weighted by molar-refractivity contribution is 0.169. The second kappa shape index (κ2) is 8.47. The number of likely N-dealkylation sites (N-methyl/N-ethyl adjacent to an activating group) is 2. The van der Waals surface area contributed by atoms with Gasteiger partial charge in [-0.1, -0.05) is 13.8 Å². The van der Waals surface area contributed by atoms with Crippen LogP contribution in [0.15, 0.2) is 0 Å². The summed E-state index contributed by atoms with van der Waals surface area (Å²) in [5, 5.41) is 12.5. The third kappa shape index (κ3) is 6.34. The number of rotatable bonds is 9. The van der Waals surface area contributed by atoms with Crippen LogP contribution in [-0.2, 0) is 0 Å². The van der Waals surface area contributed by atoms with Crippen molar-refractivity contribution in [2.75, 3.05) is 40.3 Å². The summed E-state index contributed by atoms with van der Waals surface area (Å²) in [4.78, 5) is 4.65. The van der Waals surface area contributed by atoms with Gasteiger partial charge in [0.05, 0.1) is 6.07 Å². The van der Waals surface area contributed by atoms with Crippen LogP contribution in [0.25, 0.3) is 0 Å². The summed E-state index contributed by atoms with van der Waals surface area (Å²) in [6.07, 6.45) is 0.864. The standard InChI is InChI=1S/C14H30N4/c1-7-16-14(4,12-15)9-10-18(8-2)13(3)11-17(5)6/h13,16H,7-11H2,1-6H3. The number of nitrogens with zero attached hydrogens (tertiary/aromatic N) is 3. The van der Waals surface area contributed by atoms with Gasteiger partial charge in [0.25, 0.3) is 0 Å². The fourth-order valence-corrected chi connectivity index (χ4v) is 2.28. The van der Waals surface area contributed by atoms with Crippen molar-refractivity contribution in [1.82, 2.24) is 15.1 Å². The fraction of sp³-hybridized carbons (Fsp3) is 0.929. The van der Waals surface area contributed by atoms with Crippen LogP contribution in [0.4, 0.5) is 0 Å². The largest absolute Gasteiger partial charge is 0.308 e. The minimum Gasteiger partial charge on any atom is -0.308 e. The van der Waals surface area contributed by atoms with Gasteiger partial charge < -0.3 is 4.90 Å². The summed E-state index contributed by atoms with van der Waals surface area (Å²) < 4.78 is 0. The van der Waals surface area contributed by atoms with E-state index in [0.717, 1.165) is 32.6 Å². The Hall–Kier alpha value is -0.630. The minimum atomic E-state index is -0.403. The lowest BCUT2D eigenvalue weighted by atomic mass is 9.99. The third-order valence-electron chi connectivity index (χ3n) is 3.37. The molecule has 4 heteroatoms. The zero-order valence-electron chi connectivity index (χ0n) is 13.0. The molecule has 0 aliphatic rings. The van der Waals surface area contributed by atoms with E-state index in [1.165, 1.54) is 0 Å². The van der Waals surface area contributed by atoms with Crippen LogP contribution < -0.4 is 5.32 Å². The van der Waals surface area contributed by atoms with Crippen molar-refractivity contribution in [3.8, 4) is 6.07 Å². The molecule has 0 radical (unpaired) electrons. The van der Waals surface area contributed by atoms with Gasteiger partial charge >= 0.3 is 0 Å². The zero-order valence-corrected chi connectivity index (χ0v) is 13.0. The quantitative estimate of drug-likeness (QED) is 0.678. The highest BCUT2D eigenvalue weighted by Crippen LogP contribution is 2.11. The van der Waals surface area contributed by atoms with Crippen LogP contribution in [0.5, 0.6) is 0 Å². The molecule has 2 atom stereocenters. The van der Waals surface area contributed by atoms with Gasteiger partial charge in [-0.2, -0.15) is 5.26 Å². The second-order valence-electron chi connectivity index (χ2n) is 5.46. The highest BCUT2D eigenvalue weighted by atomic mass is 15.2. The first kappa shape index (κ1) is 17.4. The lowest BCUT2D eigenvalue weighted by Crippen LogP contribution is -2.46. The molecule has 0 saturated heterocycles. The molecule has 18 heavy (non-hydrogen) atoms. The van der Waals surface area contributed by atoms with Crippen molar-refractivity contribution in [3.63, 3.8) is 0 Å². The molecule has 0 aromatic rings. The number of hydrogen-bond acceptors (Lipinski definition) is 4. The zero-order chi connectivity index (χ0) is 14.2. The Morgan fingerprint density at radius 1 is 1.33 bits per heavy atom. The van der Waals surface area contributed by atoms with Crippen LogP contribution in [-0.4, -0.2) is 61.7 Å². The van der Waals surface area contributed by atoms with Gasteiger partial charge in [-0.25, -0.2) is 0 Å². The first-order chi connectivity index (χ1) is 8.38. The van der Waals surface area contributed by atoms with Crippen molar-refractivity contribution < 1.29 is 0 Å². The molecule has 0 aliphatic carbocycles. The Balaban J connectivity index is 4.33. The summed E-state index contributed by atoms with van der Waals surface area (Å²) in [7, 11) is 4.20. The summed E-state index contributed by atoms with van der Waals surface area (Å²) in [5.41, 5.74) is -0.403. The van der Waals surface area contributed by atoms with Gasteiger partial charge in [0, 0.05) is 19.1 Å². The molecule has 2 unspecified atom stereocenters. The molecule has 0 aromatic heterocycles. The smallest absolute Gasteiger partial charge is 0.105 e. The van der Waals surface area contributed by atoms with Gasteiger partial charge in [-0.3, -0.25) is 10.2 Å². The maximum Gasteiger partial charge on any atom is 0.105 e. The maximum absolute atomic E-state index is 9.25. The van der Waals surface area contributed by atoms with E-state index in [1.54, 1.807) is 0 Å². The highest BCUT2D eigenvalue weighted by Gasteiger charge is 2.24. The minimum absolute atomic E-state index is 0.403. The van der Waals surface area contributed by atoms with E-state index in [0.29, 0.717) is 6.04 Å². The lowest BCUT2D eigenvalue weighted by Gasteiger charge is -2.32. The number of nitriles is 1. The molecule has 0 saturated carbocycles. The predicted octanol–water partition coefficient (Wildman–Crippen LogP) is 1.54. The van der Waals surface area contributed by atoms with E-state index in [1.807, 2.05) is 13.8 Å². The Morgan fingerprint density at radius 2 is 1.94 bits per heavy atom. The van der Waals surface area contributed by atoms with Gasteiger partial charge in [-0.05, 0) is 47.5 Å². The van der Waals surface area contributed by atoms with E-state index >= 15 is 0 Å². The summed E-state index contributed by atoms with van der Waals surface area (Å²) >= 11 is 0. The average Bonchev–Trinajstić information content (AvgIpc) is 2.29. The molecular formula is C14H30N4. The Bertz CT molecular complexity index is 259. The number of nitrogens with one attached hydrogen (secondary N) is 1. The van der Waals surface area contributed by atoms with Crippen LogP contribution in [0.3, 0.4) is 0 Å². The van der Waals surface area contributed by atoms with Crippen LogP contribution in [0.1, 0.15) is 34.1 Å². The molecular weight excluding hydrogens is 224 g/mol. The first-order valence-corrected chi connectivity index (χ1v) is 6.93. The monoisotopic (exact) mass is 254 g/mol. The van der Waals surface area contributed by atoms with Gasteiger partial charge in [0.15, 0.2) is 0 Å². The van der Waals surface area contributed by atoms with Crippen molar-refractivity contribution in [2.45, 2.75) is 45.7 Å². The fourth-order valence-electron chi connectivity index (χ4n) is 2.28. The van der Waals surface area contributed by atoms with Gasteiger partial charge in [0.1, 0.15) is 5.54 Å². The van der Waals surface area contributed by atoms with E-state index in [4.69, 9.17) is 0 Å². The molecule has 0 amide bonds. The van der Waals surface area contributed by atoms with Crippen LogP contribution in [0.2, 0.25) is 0 Å². The molecule has 0 rings (SSSR count). The first-order valence-electron chi connectivity index (χ1n) is 6.93. The Kier molecular flexibility index (Phi) is 8.17. The van der Waals surface area contributed by atoms with E-state index in [9.17, 15) is 5.26 Å². The molecule has 0 bridgehead atoms. The topological polar surface area (TPSA) is 42.3 Å². The van der Waals surface area contributed by atoms with E-state index in [-0.39, 0.29) is 0 Å². The predicted molar refractivity (Wildman–Crippen MR) is 77.6 cm³/mol. The molecule has 0 aromatic carbocycles. The maximum atomic E-state index is 9.25. The molecule has 0 fully saturated rings. The second-order valence-corrected chi connectivity index (χ2v) is 5.46. The molecule has 4 nitrogen and oxygen atoms in total. The van der Waals surface area contributed by atoms with E-state index in [2.05, 4.69) is 49.1 Å². The normalized spacial score (nSPS) is 16.6. The van der Waals surface area contributed by atoms with Crippen LogP contribution >= 0.6 is 0 Å².